The molecule has 0 amide bonds. The minimum absolute atomic E-state index is 0.344. The fourth-order valence-electron chi connectivity index (χ4n) is 2.35. The van der Waals surface area contributed by atoms with Crippen molar-refractivity contribution in [2.75, 3.05) is 12.5 Å². The lowest BCUT2D eigenvalue weighted by Crippen LogP contribution is -2.22. The summed E-state index contributed by atoms with van der Waals surface area (Å²) < 4.78 is 0. The number of benzene rings is 2. The Labute approximate surface area is 136 Å². The first-order chi connectivity index (χ1) is 10.1. The first-order valence-corrected chi connectivity index (χ1v) is 9.63. The molecule has 2 atom stereocenters. The summed E-state index contributed by atoms with van der Waals surface area (Å²) in [4.78, 5) is 2.62. The van der Waals surface area contributed by atoms with E-state index in [0.717, 1.165) is 0 Å². The molecular formula is C18H23NS2. The van der Waals surface area contributed by atoms with Gasteiger partial charge in [0, 0.05) is 21.9 Å². The summed E-state index contributed by atoms with van der Waals surface area (Å²) in [6.45, 7) is 4.45. The zero-order valence-electron chi connectivity index (χ0n) is 13.1. The van der Waals surface area contributed by atoms with Crippen molar-refractivity contribution in [1.82, 2.24) is 5.32 Å². The van der Waals surface area contributed by atoms with Crippen molar-refractivity contribution in [1.29, 1.82) is 0 Å². The molecule has 0 bridgehead atoms. The summed E-state index contributed by atoms with van der Waals surface area (Å²) in [5.41, 5.74) is 2.67. The number of nitrogens with one attached hydrogen (secondary N) is 1. The predicted molar refractivity (Wildman–Crippen MR) is 96.4 cm³/mol. The highest BCUT2D eigenvalue weighted by Crippen LogP contribution is 2.23. The van der Waals surface area contributed by atoms with Gasteiger partial charge in [-0.1, -0.05) is 24.3 Å². The lowest BCUT2D eigenvalue weighted by Gasteiger charge is -2.21. The Kier molecular flexibility index (Phi) is 6.22. The van der Waals surface area contributed by atoms with Crippen molar-refractivity contribution in [3.05, 3.63) is 59.7 Å². The molecule has 0 aliphatic carbocycles. The molecule has 2 rings (SSSR count). The average molecular weight is 318 g/mol. The second-order valence-corrected chi connectivity index (χ2v) is 6.92. The van der Waals surface area contributed by atoms with E-state index in [1.807, 2.05) is 0 Å². The largest absolute Gasteiger partial charge is 0.304 e. The van der Waals surface area contributed by atoms with E-state index in [1.54, 1.807) is 23.5 Å². The van der Waals surface area contributed by atoms with E-state index in [-0.39, 0.29) is 0 Å². The summed E-state index contributed by atoms with van der Waals surface area (Å²) in [6, 6.07) is 18.3. The molecule has 3 heteroatoms. The number of thioether (sulfide) groups is 2. The van der Waals surface area contributed by atoms with Gasteiger partial charge in [-0.25, -0.2) is 0 Å². The van der Waals surface area contributed by atoms with E-state index in [1.165, 1.54) is 20.9 Å². The van der Waals surface area contributed by atoms with Gasteiger partial charge in [0.15, 0.2) is 0 Å². The first kappa shape index (κ1) is 16.5. The predicted octanol–water partition coefficient (Wildman–Crippen LogP) is 5.54. The van der Waals surface area contributed by atoms with Gasteiger partial charge in [0.05, 0.1) is 0 Å². The van der Waals surface area contributed by atoms with Crippen LogP contribution in [0.2, 0.25) is 0 Å². The van der Waals surface area contributed by atoms with Crippen LogP contribution in [0.3, 0.4) is 0 Å². The normalized spacial score (nSPS) is 13.9. The maximum absolute atomic E-state index is 3.67. The standard InChI is InChI=1S/C18H23NS2/c1-13(15-5-9-17(20-3)10-6-15)19-14(2)16-7-11-18(21-4)12-8-16/h5-14,19H,1-4H3. The van der Waals surface area contributed by atoms with E-state index in [2.05, 4.69) is 80.2 Å². The van der Waals surface area contributed by atoms with Gasteiger partial charge in [0.2, 0.25) is 0 Å². The van der Waals surface area contributed by atoms with Gasteiger partial charge in [-0.3, -0.25) is 0 Å². The minimum atomic E-state index is 0.344. The van der Waals surface area contributed by atoms with Crippen LogP contribution in [0.1, 0.15) is 37.1 Å². The van der Waals surface area contributed by atoms with E-state index in [4.69, 9.17) is 0 Å². The van der Waals surface area contributed by atoms with Crippen molar-refractivity contribution in [3.63, 3.8) is 0 Å². The summed E-state index contributed by atoms with van der Waals surface area (Å²) >= 11 is 3.56. The van der Waals surface area contributed by atoms with Gasteiger partial charge in [-0.05, 0) is 61.8 Å². The van der Waals surface area contributed by atoms with Crippen molar-refractivity contribution in [2.45, 2.75) is 35.7 Å². The monoisotopic (exact) mass is 317 g/mol. The van der Waals surface area contributed by atoms with E-state index in [0.29, 0.717) is 12.1 Å². The van der Waals surface area contributed by atoms with Crippen LogP contribution >= 0.6 is 23.5 Å². The molecule has 0 saturated carbocycles. The molecule has 0 aromatic heterocycles. The molecule has 0 radical (unpaired) electrons. The molecule has 21 heavy (non-hydrogen) atoms. The zero-order chi connectivity index (χ0) is 15.2. The SMILES string of the molecule is CSc1ccc(C(C)NC(C)c2ccc(SC)cc2)cc1. The van der Waals surface area contributed by atoms with Gasteiger partial charge in [0.25, 0.3) is 0 Å². The summed E-state index contributed by atoms with van der Waals surface area (Å²) in [6.07, 6.45) is 4.22. The molecule has 0 aliphatic rings. The van der Waals surface area contributed by atoms with Crippen LogP contribution < -0.4 is 5.32 Å². The van der Waals surface area contributed by atoms with E-state index >= 15 is 0 Å². The molecule has 1 nitrogen and oxygen atoms in total. The fraction of sp³-hybridized carbons (Fsp3) is 0.333. The molecule has 0 aliphatic heterocycles. The summed E-state index contributed by atoms with van der Waals surface area (Å²) in [5, 5.41) is 3.67. The van der Waals surface area contributed by atoms with Gasteiger partial charge in [-0.2, -0.15) is 0 Å². The second kappa shape index (κ2) is 7.92. The van der Waals surface area contributed by atoms with Crippen molar-refractivity contribution >= 4 is 23.5 Å². The van der Waals surface area contributed by atoms with Crippen molar-refractivity contribution in [3.8, 4) is 0 Å². The van der Waals surface area contributed by atoms with Crippen LogP contribution in [0.5, 0.6) is 0 Å². The molecule has 0 saturated heterocycles. The number of hydrogen-bond donors (Lipinski definition) is 1. The van der Waals surface area contributed by atoms with Gasteiger partial charge in [0.1, 0.15) is 0 Å². The third kappa shape index (κ3) is 4.53. The molecule has 112 valence electrons. The lowest BCUT2D eigenvalue weighted by atomic mass is 10.0. The zero-order valence-corrected chi connectivity index (χ0v) is 14.7. The fourth-order valence-corrected chi connectivity index (χ4v) is 3.17. The first-order valence-electron chi connectivity index (χ1n) is 7.18. The molecule has 2 aromatic rings. The minimum Gasteiger partial charge on any atom is -0.304 e. The lowest BCUT2D eigenvalue weighted by molar-refractivity contribution is 0.494. The summed E-state index contributed by atoms with van der Waals surface area (Å²) in [5.74, 6) is 0. The molecule has 0 spiro atoms. The van der Waals surface area contributed by atoms with Gasteiger partial charge in [-0.15, -0.1) is 23.5 Å². The Bertz CT molecular complexity index is 497. The van der Waals surface area contributed by atoms with E-state index in [9.17, 15) is 0 Å². The molecule has 0 fully saturated rings. The van der Waals surface area contributed by atoms with Crippen LogP contribution in [-0.2, 0) is 0 Å². The topological polar surface area (TPSA) is 12.0 Å². The Balaban J connectivity index is 2.01. The van der Waals surface area contributed by atoms with Crippen molar-refractivity contribution < 1.29 is 0 Å². The Morgan fingerprint density at radius 2 is 1.00 bits per heavy atom. The summed E-state index contributed by atoms with van der Waals surface area (Å²) in [7, 11) is 0. The maximum atomic E-state index is 3.67. The van der Waals surface area contributed by atoms with Crippen LogP contribution in [0.4, 0.5) is 0 Å². The van der Waals surface area contributed by atoms with Crippen LogP contribution in [0, 0.1) is 0 Å². The average Bonchev–Trinajstić information content (AvgIpc) is 2.55. The molecule has 2 unspecified atom stereocenters. The quantitative estimate of drug-likeness (QED) is 0.702. The highest BCUT2D eigenvalue weighted by Gasteiger charge is 2.11. The third-order valence-corrected chi connectivity index (χ3v) is 5.22. The smallest absolute Gasteiger partial charge is 0.0297 e. The Morgan fingerprint density at radius 3 is 1.29 bits per heavy atom. The molecule has 1 N–H and O–H groups in total. The number of hydrogen-bond acceptors (Lipinski definition) is 3. The second-order valence-electron chi connectivity index (χ2n) is 5.16. The van der Waals surface area contributed by atoms with E-state index < -0.39 is 0 Å². The Morgan fingerprint density at radius 1 is 0.667 bits per heavy atom. The molecular weight excluding hydrogens is 294 g/mol. The van der Waals surface area contributed by atoms with Crippen molar-refractivity contribution in [2.24, 2.45) is 0 Å². The maximum Gasteiger partial charge on any atom is 0.0297 e. The number of rotatable bonds is 6. The molecule has 0 heterocycles. The van der Waals surface area contributed by atoms with Gasteiger partial charge < -0.3 is 5.32 Å². The van der Waals surface area contributed by atoms with Crippen LogP contribution in [0.25, 0.3) is 0 Å². The molecule has 2 aromatic carbocycles. The van der Waals surface area contributed by atoms with Crippen LogP contribution in [-0.4, -0.2) is 12.5 Å². The highest BCUT2D eigenvalue weighted by atomic mass is 32.2. The Hall–Kier alpha value is -0.900. The highest BCUT2D eigenvalue weighted by molar-refractivity contribution is 7.98. The van der Waals surface area contributed by atoms with Gasteiger partial charge >= 0.3 is 0 Å². The van der Waals surface area contributed by atoms with Crippen LogP contribution in [0.15, 0.2) is 58.3 Å². The third-order valence-electron chi connectivity index (χ3n) is 3.73.